The minimum Gasteiger partial charge on any atom is -0.330 e. The van der Waals surface area contributed by atoms with E-state index in [-0.39, 0.29) is 0 Å². The molecule has 1 aromatic carbocycles. The van der Waals surface area contributed by atoms with E-state index in [2.05, 4.69) is 49.4 Å². The van der Waals surface area contributed by atoms with Crippen molar-refractivity contribution >= 4 is 11.8 Å². The summed E-state index contributed by atoms with van der Waals surface area (Å²) in [4.78, 5) is 3.72. The van der Waals surface area contributed by atoms with Crippen molar-refractivity contribution in [3.05, 3.63) is 29.8 Å². The van der Waals surface area contributed by atoms with Crippen LogP contribution in [0.15, 0.2) is 29.2 Å². The predicted molar refractivity (Wildman–Crippen MR) is 77.7 cm³/mol. The van der Waals surface area contributed by atoms with E-state index in [1.165, 1.54) is 10.5 Å². The normalized spacial score (nSPS) is 13.0. The minimum absolute atomic E-state index is 0.575. The molecule has 0 aliphatic carbocycles. The molecule has 0 bridgehead atoms. The van der Waals surface area contributed by atoms with E-state index in [1.807, 2.05) is 0 Å². The fourth-order valence-electron chi connectivity index (χ4n) is 1.78. The van der Waals surface area contributed by atoms with Crippen molar-refractivity contribution in [2.75, 3.05) is 26.4 Å². The minimum atomic E-state index is 0.575. The van der Waals surface area contributed by atoms with Crippen molar-refractivity contribution in [3.63, 3.8) is 0 Å². The van der Waals surface area contributed by atoms with Crippen molar-refractivity contribution in [1.29, 1.82) is 0 Å². The Labute approximate surface area is 110 Å². The van der Waals surface area contributed by atoms with Crippen LogP contribution in [0.1, 0.15) is 18.9 Å². The Hall–Kier alpha value is -0.510. The Morgan fingerprint density at radius 3 is 2.47 bits per heavy atom. The topological polar surface area (TPSA) is 29.3 Å². The van der Waals surface area contributed by atoms with Crippen molar-refractivity contribution in [3.8, 4) is 0 Å². The highest BCUT2D eigenvalue weighted by Gasteiger charge is 2.07. The van der Waals surface area contributed by atoms with Gasteiger partial charge in [-0.1, -0.05) is 12.1 Å². The summed E-state index contributed by atoms with van der Waals surface area (Å²) in [5, 5.41) is 0. The highest BCUT2D eigenvalue weighted by atomic mass is 32.2. The van der Waals surface area contributed by atoms with Gasteiger partial charge in [0.05, 0.1) is 0 Å². The molecule has 2 nitrogen and oxygen atoms in total. The number of thioether (sulfide) groups is 1. The lowest BCUT2D eigenvalue weighted by atomic mass is 10.1. The third kappa shape index (κ3) is 5.11. The summed E-state index contributed by atoms with van der Waals surface area (Å²) < 4.78 is 0. The summed E-state index contributed by atoms with van der Waals surface area (Å²) in [5.41, 5.74) is 6.99. The van der Waals surface area contributed by atoms with Crippen LogP contribution in [0.5, 0.6) is 0 Å². The van der Waals surface area contributed by atoms with Crippen molar-refractivity contribution in [2.45, 2.75) is 30.7 Å². The Bertz CT molecular complexity index is 311. The smallest absolute Gasteiger partial charge is 0.00760 e. The lowest BCUT2D eigenvalue weighted by Gasteiger charge is -2.24. The van der Waals surface area contributed by atoms with Crippen LogP contribution in [0.4, 0.5) is 0 Å². The van der Waals surface area contributed by atoms with Crippen molar-refractivity contribution in [2.24, 2.45) is 5.73 Å². The van der Waals surface area contributed by atoms with Crippen LogP contribution in [0.2, 0.25) is 0 Å². The van der Waals surface area contributed by atoms with Crippen LogP contribution in [0.3, 0.4) is 0 Å². The Morgan fingerprint density at radius 1 is 1.29 bits per heavy atom. The maximum atomic E-state index is 5.58. The molecule has 3 heteroatoms. The highest BCUT2D eigenvalue weighted by Crippen LogP contribution is 2.15. The second-order valence-electron chi connectivity index (χ2n) is 4.51. The molecule has 0 heterocycles. The number of rotatable bonds is 7. The molecule has 0 aliphatic heterocycles. The van der Waals surface area contributed by atoms with Gasteiger partial charge >= 0.3 is 0 Å². The van der Waals surface area contributed by atoms with Gasteiger partial charge in [0.15, 0.2) is 0 Å². The molecule has 0 spiro atoms. The number of hydrogen-bond donors (Lipinski definition) is 1. The monoisotopic (exact) mass is 252 g/mol. The van der Waals surface area contributed by atoms with Crippen LogP contribution >= 0.6 is 11.8 Å². The lowest BCUT2D eigenvalue weighted by Crippen LogP contribution is -2.32. The average Bonchev–Trinajstić information content (AvgIpc) is 2.36. The third-order valence-electron chi connectivity index (χ3n) is 3.25. The van der Waals surface area contributed by atoms with E-state index in [9.17, 15) is 0 Å². The zero-order valence-corrected chi connectivity index (χ0v) is 12.0. The van der Waals surface area contributed by atoms with Gasteiger partial charge in [0.25, 0.3) is 0 Å². The van der Waals surface area contributed by atoms with E-state index in [0.717, 1.165) is 25.9 Å². The fourth-order valence-corrected chi connectivity index (χ4v) is 2.19. The summed E-state index contributed by atoms with van der Waals surface area (Å²) in [5.74, 6) is 0. The van der Waals surface area contributed by atoms with E-state index in [0.29, 0.717) is 6.04 Å². The van der Waals surface area contributed by atoms with E-state index in [1.54, 1.807) is 11.8 Å². The molecule has 0 saturated carbocycles. The largest absolute Gasteiger partial charge is 0.330 e. The maximum absolute atomic E-state index is 5.58. The van der Waals surface area contributed by atoms with E-state index < -0.39 is 0 Å². The first-order chi connectivity index (χ1) is 8.17. The van der Waals surface area contributed by atoms with Gasteiger partial charge in [-0.15, -0.1) is 11.8 Å². The van der Waals surface area contributed by atoms with Crippen LogP contribution in [0.25, 0.3) is 0 Å². The second-order valence-corrected chi connectivity index (χ2v) is 5.38. The Kier molecular flexibility index (Phi) is 6.63. The fraction of sp³-hybridized carbons (Fsp3) is 0.571. The van der Waals surface area contributed by atoms with Gasteiger partial charge in [0, 0.05) is 17.5 Å². The quantitative estimate of drug-likeness (QED) is 0.756. The third-order valence-corrected chi connectivity index (χ3v) is 3.99. The summed E-state index contributed by atoms with van der Waals surface area (Å²) in [6.07, 6.45) is 4.29. The summed E-state index contributed by atoms with van der Waals surface area (Å²) in [6, 6.07) is 9.43. The summed E-state index contributed by atoms with van der Waals surface area (Å²) in [7, 11) is 2.18. The van der Waals surface area contributed by atoms with Crippen LogP contribution < -0.4 is 5.73 Å². The standard InChI is InChI=1S/C14H24N2S/c1-12(8-10-15)16(2)11-9-13-4-6-14(17-3)7-5-13/h4-7,12H,8-11,15H2,1-3H3. The molecule has 0 fully saturated rings. The van der Waals surface area contributed by atoms with Gasteiger partial charge in [-0.3, -0.25) is 0 Å². The number of hydrogen-bond acceptors (Lipinski definition) is 3. The zero-order valence-electron chi connectivity index (χ0n) is 11.1. The Morgan fingerprint density at radius 2 is 1.94 bits per heavy atom. The van der Waals surface area contributed by atoms with E-state index >= 15 is 0 Å². The molecule has 0 saturated heterocycles. The maximum Gasteiger partial charge on any atom is 0.00760 e. The van der Waals surface area contributed by atoms with Gasteiger partial charge in [-0.25, -0.2) is 0 Å². The molecule has 2 N–H and O–H groups in total. The molecule has 0 aromatic heterocycles. The SMILES string of the molecule is CSc1ccc(CCN(C)C(C)CCN)cc1. The first-order valence-corrected chi connectivity index (χ1v) is 7.43. The summed E-state index contributed by atoms with van der Waals surface area (Å²) >= 11 is 1.79. The molecular weight excluding hydrogens is 228 g/mol. The second kappa shape index (κ2) is 7.75. The molecule has 1 atom stereocenters. The first-order valence-electron chi connectivity index (χ1n) is 6.20. The number of nitrogens with two attached hydrogens (primary N) is 1. The molecule has 96 valence electrons. The molecule has 1 unspecified atom stereocenters. The molecule has 1 aromatic rings. The van der Waals surface area contributed by atoms with Gasteiger partial charge in [0.1, 0.15) is 0 Å². The van der Waals surface area contributed by atoms with Gasteiger partial charge in [-0.2, -0.15) is 0 Å². The molecule has 1 rings (SSSR count). The molecule has 0 aliphatic rings. The molecule has 0 radical (unpaired) electrons. The van der Waals surface area contributed by atoms with Crippen LogP contribution in [-0.4, -0.2) is 37.3 Å². The number of likely N-dealkylation sites (N-methyl/N-ethyl adjacent to an activating group) is 1. The highest BCUT2D eigenvalue weighted by molar-refractivity contribution is 7.98. The zero-order chi connectivity index (χ0) is 12.7. The van der Waals surface area contributed by atoms with Crippen molar-refractivity contribution in [1.82, 2.24) is 4.90 Å². The van der Waals surface area contributed by atoms with Crippen molar-refractivity contribution < 1.29 is 0 Å². The van der Waals surface area contributed by atoms with Crippen LogP contribution in [-0.2, 0) is 6.42 Å². The molecular formula is C14H24N2S. The molecule has 17 heavy (non-hydrogen) atoms. The van der Waals surface area contributed by atoms with E-state index in [4.69, 9.17) is 5.73 Å². The molecule has 0 amide bonds. The van der Waals surface area contributed by atoms with Gasteiger partial charge < -0.3 is 10.6 Å². The first kappa shape index (κ1) is 14.6. The average molecular weight is 252 g/mol. The summed E-state index contributed by atoms with van der Waals surface area (Å²) in [6.45, 7) is 4.11. The Balaban J connectivity index is 2.38. The predicted octanol–water partition coefficient (Wildman–Crippen LogP) is 2.62. The number of benzene rings is 1. The number of nitrogens with zero attached hydrogens (tertiary/aromatic N) is 1. The van der Waals surface area contributed by atoms with Gasteiger partial charge in [0.2, 0.25) is 0 Å². The van der Waals surface area contributed by atoms with Crippen LogP contribution in [0, 0.1) is 0 Å². The van der Waals surface area contributed by atoms with Gasteiger partial charge in [-0.05, 0) is 57.3 Å². The lowest BCUT2D eigenvalue weighted by molar-refractivity contribution is 0.251.